The summed E-state index contributed by atoms with van der Waals surface area (Å²) in [6.07, 6.45) is -0.979. The van der Waals surface area contributed by atoms with Gasteiger partial charge in [-0.2, -0.15) is 4.68 Å². The summed E-state index contributed by atoms with van der Waals surface area (Å²) >= 11 is 0. The topological polar surface area (TPSA) is 135 Å². The van der Waals surface area contributed by atoms with Gasteiger partial charge in [-0.15, -0.1) is 0 Å². The molecule has 2 N–H and O–H groups in total. The maximum absolute atomic E-state index is 10.9. The van der Waals surface area contributed by atoms with Crippen molar-refractivity contribution in [3.8, 4) is 11.6 Å². The van der Waals surface area contributed by atoms with Crippen LogP contribution < -0.4 is 10.5 Å². The number of hydrogen-bond donors (Lipinski definition) is 1. The zero-order valence-electron chi connectivity index (χ0n) is 10.2. The molecule has 0 bridgehead atoms. The van der Waals surface area contributed by atoms with Crippen molar-refractivity contribution in [1.29, 1.82) is 0 Å². The Balaban J connectivity index is 2.29. The van der Waals surface area contributed by atoms with Gasteiger partial charge in [-0.25, -0.2) is 4.79 Å². The Labute approximate surface area is 111 Å². The number of carbonyl (C=O) groups is 1. The van der Waals surface area contributed by atoms with Crippen molar-refractivity contribution < 1.29 is 19.2 Å². The summed E-state index contributed by atoms with van der Waals surface area (Å²) in [5.74, 6) is -0.251. The minimum atomic E-state index is -0.979. The lowest BCUT2D eigenvalue weighted by molar-refractivity contribution is -0.384. The van der Waals surface area contributed by atoms with E-state index in [1.54, 1.807) is 0 Å². The first kappa shape index (κ1) is 13.3. The van der Waals surface area contributed by atoms with Gasteiger partial charge in [0.15, 0.2) is 5.82 Å². The lowest BCUT2D eigenvalue weighted by Crippen LogP contribution is -2.09. The molecule has 10 heteroatoms. The molecule has 0 saturated heterocycles. The van der Waals surface area contributed by atoms with Crippen molar-refractivity contribution >= 4 is 17.7 Å². The van der Waals surface area contributed by atoms with Gasteiger partial charge >= 0.3 is 6.16 Å². The zero-order valence-corrected chi connectivity index (χ0v) is 10.2. The Hall–Kier alpha value is -3.17. The largest absolute Gasteiger partial charge is 0.515 e. The number of nitrogens with zero attached hydrogens (tertiary/aromatic N) is 4. The third-order valence-electron chi connectivity index (χ3n) is 2.32. The van der Waals surface area contributed by atoms with Gasteiger partial charge in [0.25, 0.3) is 11.6 Å². The highest BCUT2D eigenvalue weighted by atomic mass is 16.7. The molecular formula is C10H9N5O5. The molecule has 1 aromatic heterocycles. The Morgan fingerprint density at radius 3 is 2.60 bits per heavy atom. The number of ether oxygens (including phenoxy) is 2. The van der Waals surface area contributed by atoms with Crippen LogP contribution in [0.1, 0.15) is 0 Å². The predicted octanol–water partition coefficient (Wildman–Crippen LogP) is 0.903. The van der Waals surface area contributed by atoms with Gasteiger partial charge in [0.2, 0.25) is 0 Å². The molecule has 0 spiro atoms. The van der Waals surface area contributed by atoms with Crippen LogP contribution in [-0.2, 0) is 4.74 Å². The number of hydrogen-bond acceptors (Lipinski definition) is 8. The average Bonchev–Trinajstić information content (AvgIpc) is 2.80. The summed E-state index contributed by atoms with van der Waals surface area (Å²) < 4.78 is 10.1. The van der Waals surface area contributed by atoms with Crippen molar-refractivity contribution in [3.63, 3.8) is 0 Å². The molecule has 0 radical (unpaired) electrons. The van der Waals surface area contributed by atoms with Crippen molar-refractivity contribution in [3.05, 3.63) is 34.4 Å². The van der Waals surface area contributed by atoms with Crippen LogP contribution in [0.3, 0.4) is 0 Å². The van der Waals surface area contributed by atoms with Crippen molar-refractivity contribution in [2.75, 3.05) is 12.8 Å². The molecule has 0 unspecified atom stereocenters. The number of carbonyl (C=O) groups excluding carboxylic acids is 1. The minimum absolute atomic E-state index is 0.0377. The average molecular weight is 279 g/mol. The number of nitrogens with two attached hydrogens (primary N) is 1. The van der Waals surface area contributed by atoms with Crippen molar-refractivity contribution in [1.82, 2.24) is 15.0 Å². The van der Waals surface area contributed by atoms with Gasteiger partial charge in [0.1, 0.15) is 0 Å². The van der Waals surface area contributed by atoms with E-state index in [2.05, 4.69) is 19.8 Å². The van der Waals surface area contributed by atoms with Crippen LogP contribution >= 0.6 is 0 Å². The van der Waals surface area contributed by atoms with E-state index in [0.29, 0.717) is 5.69 Å². The molecule has 0 aliphatic rings. The second-order valence-corrected chi connectivity index (χ2v) is 3.52. The van der Waals surface area contributed by atoms with E-state index in [9.17, 15) is 14.9 Å². The molecule has 1 aromatic carbocycles. The predicted molar refractivity (Wildman–Crippen MR) is 65.5 cm³/mol. The van der Waals surface area contributed by atoms with E-state index in [1.807, 2.05) is 0 Å². The Morgan fingerprint density at radius 1 is 1.40 bits per heavy atom. The highest BCUT2D eigenvalue weighted by molar-refractivity contribution is 5.65. The maximum atomic E-state index is 10.9. The number of anilines is 1. The summed E-state index contributed by atoms with van der Waals surface area (Å²) in [6.45, 7) is 0. The van der Waals surface area contributed by atoms with Crippen LogP contribution in [0.2, 0.25) is 0 Å². The molecule has 0 atom stereocenters. The van der Waals surface area contributed by atoms with Crippen LogP contribution in [0.5, 0.6) is 5.88 Å². The first-order chi connectivity index (χ1) is 9.52. The molecule has 20 heavy (non-hydrogen) atoms. The molecule has 104 valence electrons. The molecule has 10 nitrogen and oxygen atoms in total. The van der Waals surface area contributed by atoms with Crippen LogP contribution in [0, 0.1) is 10.1 Å². The first-order valence-electron chi connectivity index (χ1n) is 5.24. The van der Waals surface area contributed by atoms with Gasteiger partial charge < -0.3 is 15.2 Å². The van der Waals surface area contributed by atoms with Gasteiger partial charge in [0, 0.05) is 12.1 Å². The van der Waals surface area contributed by atoms with Crippen LogP contribution in [-0.4, -0.2) is 33.2 Å². The van der Waals surface area contributed by atoms with Gasteiger partial charge in [-0.05, 0) is 12.1 Å². The highest BCUT2D eigenvalue weighted by Crippen LogP contribution is 2.22. The fourth-order valence-corrected chi connectivity index (χ4v) is 1.37. The molecule has 0 aliphatic heterocycles. The summed E-state index contributed by atoms with van der Waals surface area (Å²) in [5.41, 5.74) is 6.07. The molecule has 0 fully saturated rings. The molecule has 1 heterocycles. The molecular weight excluding hydrogens is 270 g/mol. The number of nitrogen functional groups attached to an aromatic ring is 1. The number of rotatable bonds is 3. The summed E-state index contributed by atoms with van der Waals surface area (Å²) in [5, 5.41) is 17.8. The minimum Gasteiger partial charge on any atom is -0.437 e. The van der Waals surface area contributed by atoms with E-state index in [4.69, 9.17) is 5.73 Å². The second-order valence-electron chi connectivity index (χ2n) is 3.52. The zero-order chi connectivity index (χ0) is 14.7. The van der Waals surface area contributed by atoms with Crippen LogP contribution in [0.15, 0.2) is 24.3 Å². The lowest BCUT2D eigenvalue weighted by atomic mass is 10.3. The Bertz CT molecular complexity index is 651. The molecule has 0 amide bonds. The van der Waals surface area contributed by atoms with E-state index in [-0.39, 0.29) is 17.4 Å². The lowest BCUT2D eigenvalue weighted by Gasteiger charge is -2.03. The first-order valence-corrected chi connectivity index (χ1v) is 5.24. The van der Waals surface area contributed by atoms with Crippen molar-refractivity contribution in [2.24, 2.45) is 0 Å². The number of methoxy groups -OCH3 is 1. The number of nitro groups is 1. The fourth-order valence-electron chi connectivity index (χ4n) is 1.37. The number of benzene rings is 1. The van der Waals surface area contributed by atoms with E-state index in [1.165, 1.54) is 28.9 Å². The van der Waals surface area contributed by atoms with Crippen molar-refractivity contribution in [2.45, 2.75) is 0 Å². The van der Waals surface area contributed by atoms with Gasteiger partial charge in [-0.1, -0.05) is 10.3 Å². The third kappa shape index (κ3) is 2.48. The van der Waals surface area contributed by atoms with E-state index < -0.39 is 11.1 Å². The normalized spacial score (nSPS) is 10.1. The maximum Gasteiger partial charge on any atom is 0.515 e. The highest BCUT2D eigenvalue weighted by Gasteiger charge is 2.16. The van der Waals surface area contributed by atoms with Gasteiger partial charge in [0.05, 0.1) is 17.7 Å². The molecule has 2 rings (SSSR count). The number of non-ortho nitro benzene ring substituents is 1. The van der Waals surface area contributed by atoms with Crippen LogP contribution in [0.4, 0.5) is 16.3 Å². The monoisotopic (exact) mass is 279 g/mol. The quantitative estimate of drug-likeness (QED) is 0.497. The van der Waals surface area contributed by atoms with Crippen LogP contribution in [0.25, 0.3) is 5.69 Å². The molecule has 0 saturated carbocycles. The summed E-state index contributed by atoms with van der Waals surface area (Å²) in [6, 6.07) is 5.45. The SMILES string of the molecule is COC(=O)Oc1nnn(-c2ccc([N+](=O)[O-])cc2)c1N. The number of nitro benzene ring substituents is 1. The standard InChI is InChI=1S/C10H9N5O5/c1-19-10(16)20-9-8(11)14(13-12-9)6-2-4-7(5-3-6)15(17)18/h2-5H,11H2,1H3. The van der Waals surface area contributed by atoms with E-state index >= 15 is 0 Å². The summed E-state index contributed by atoms with van der Waals surface area (Å²) in [4.78, 5) is 21.0. The second kappa shape index (κ2) is 5.22. The molecule has 0 aliphatic carbocycles. The smallest absolute Gasteiger partial charge is 0.437 e. The third-order valence-corrected chi connectivity index (χ3v) is 2.32. The Morgan fingerprint density at radius 2 is 2.05 bits per heavy atom. The number of aromatic nitrogens is 3. The molecule has 2 aromatic rings. The fraction of sp³-hybridized carbons (Fsp3) is 0.100. The summed E-state index contributed by atoms with van der Waals surface area (Å²) in [7, 11) is 1.14. The van der Waals surface area contributed by atoms with E-state index in [0.717, 1.165) is 7.11 Å². The Kier molecular flexibility index (Phi) is 3.46. The van der Waals surface area contributed by atoms with Gasteiger partial charge in [-0.3, -0.25) is 10.1 Å².